The van der Waals surface area contributed by atoms with Crippen LogP contribution < -0.4 is 5.32 Å². The van der Waals surface area contributed by atoms with Gasteiger partial charge in [-0.05, 0) is 26.8 Å². The van der Waals surface area contributed by atoms with Crippen LogP contribution in [0.15, 0.2) is 12.3 Å². The van der Waals surface area contributed by atoms with Crippen LogP contribution in [0.1, 0.15) is 42.5 Å². The van der Waals surface area contributed by atoms with Gasteiger partial charge in [-0.3, -0.25) is 9.36 Å². The summed E-state index contributed by atoms with van der Waals surface area (Å²) in [7, 11) is 1.84. The van der Waals surface area contributed by atoms with Gasteiger partial charge in [0.2, 0.25) is 0 Å². The summed E-state index contributed by atoms with van der Waals surface area (Å²) in [5, 5.41) is 11.4. The number of aryl methyl sites for hydroxylation is 3. The quantitative estimate of drug-likeness (QED) is 0.923. The second kappa shape index (κ2) is 6.12. The number of alkyl halides is 3. The van der Waals surface area contributed by atoms with Crippen LogP contribution in [0.5, 0.6) is 0 Å². The Kier molecular flexibility index (Phi) is 4.60. The molecular formula is C14H20F3N5. The van der Waals surface area contributed by atoms with E-state index in [0.29, 0.717) is 5.69 Å². The average molecular weight is 315 g/mol. The molecule has 0 aliphatic carbocycles. The minimum Gasteiger partial charge on any atom is -0.304 e. The smallest absolute Gasteiger partial charge is 0.304 e. The highest BCUT2D eigenvalue weighted by molar-refractivity contribution is 5.20. The summed E-state index contributed by atoms with van der Waals surface area (Å²) in [4.78, 5) is 0. The van der Waals surface area contributed by atoms with E-state index in [4.69, 9.17) is 0 Å². The number of halogens is 3. The van der Waals surface area contributed by atoms with Crippen molar-refractivity contribution in [1.82, 2.24) is 24.9 Å². The molecule has 0 fully saturated rings. The van der Waals surface area contributed by atoms with Crippen LogP contribution in [0.2, 0.25) is 0 Å². The van der Waals surface area contributed by atoms with Gasteiger partial charge in [-0.1, -0.05) is 0 Å². The maximum atomic E-state index is 12.9. The van der Waals surface area contributed by atoms with Gasteiger partial charge < -0.3 is 5.32 Å². The molecule has 5 nitrogen and oxygen atoms in total. The Labute approximate surface area is 127 Å². The molecule has 0 aromatic carbocycles. The molecule has 2 aromatic rings. The van der Waals surface area contributed by atoms with E-state index in [-0.39, 0.29) is 19.1 Å². The standard InChI is InChI=1S/C14H20F3N5/c1-5-22-13(14(15,16)17)6-11(20-22)7-18-9(2)12-8-21(4)19-10(12)3/h6,8-9,18H,5,7H2,1-4H3. The van der Waals surface area contributed by atoms with Gasteiger partial charge in [-0.15, -0.1) is 0 Å². The van der Waals surface area contributed by atoms with E-state index in [1.54, 1.807) is 11.6 Å². The average Bonchev–Trinajstić information content (AvgIpc) is 2.98. The van der Waals surface area contributed by atoms with Crippen LogP contribution >= 0.6 is 0 Å². The van der Waals surface area contributed by atoms with Gasteiger partial charge >= 0.3 is 6.18 Å². The first kappa shape index (κ1) is 16.5. The lowest BCUT2D eigenvalue weighted by atomic mass is 10.1. The van der Waals surface area contributed by atoms with Crippen LogP contribution in [0.3, 0.4) is 0 Å². The highest BCUT2D eigenvalue weighted by atomic mass is 19.4. The highest BCUT2D eigenvalue weighted by Gasteiger charge is 2.35. The molecule has 2 rings (SSSR count). The van der Waals surface area contributed by atoms with E-state index in [0.717, 1.165) is 22.0 Å². The Balaban J connectivity index is 2.09. The maximum Gasteiger partial charge on any atom is 0.433 e. The van der Waals surface area contributed by atoms with Gasteiger partial charge in [0.1, 0.15) is 5.69 Å². The summed E-state index contributed by atoms with van der Waals surface area (Å²) in [6.45, 7) is 5.95. The van der Waals surface area contributed by atoms with E-state index in [1.165, 1.54) is 0 Å². The fraction of sp³-hybridized carbons (Fsp3) is 0.571. The molecular weight excluding hydrogens is 295 g/mol. The van der Waals surface area contributed by atoms with Gasteiger partial charge in [0, 0.05) is 37.9 Å². The molecule has 1 atom stereocenters. The number of nitrogens with one attached hydrogen (secondary N) is 1. The minimum absolute atomic E-state index is 0.0187. The Morgan fingerprint density at radius 3 is 2.45 bits per heavy atom. The lowest BCUT2D eigenvalue weighted by molar-refractivity contribution is -0.144. The molecule has 2 heterocycles. The Morgan fingerprint density at radius 1 is 1.32 bits per heavy atom. The Bertz CT molecular complexity index is 641. The van der Waals surface area contributed by atoms with Crippen molar-refractivity contribution < 1.29 is 13.2 Å². The molecule has 0 aliphatic heterocycles. The van der Waals surface area contributed by atoms with Crippen molar-refractivity contribution in [1.29, 1.82) is 0 Å². The molecule has 2 aromatic heterocycles. The van der Waals surface area contributed by atoms with Gasteiger partial charge in [0.05, 0.1) is 11.4 Å². The molecule has 0 bridgehead atoms. The third-order valence-corrected chi connectivity index (χ3v) is 3.53. The van der Waals surface area contributed by atoms with Crippen LogP contribution in [-0.4, -0.2) is 19.6 Å². The summed E-state index contributed by atoms with van der Waals surface area (Å²) in [5.41, 5.74) is 1.59. The number of hydrogen-bond donors (Lipinski definition) is 1. The van der Waals surface area contributed by atoms with E-state index in [2.05, 4.69) is 15.5 Å². The molecule has 1 N–H and O–H groups in total. The summed E-state index contributed by atoms with van der Waals surface area (Å²) in [5.74, 6) is 0. The van der Waals surface area contributed by atoms with Crippen molar-refractivity contribution in [3.63, 3.8) is 0 Å². The van der Waals surface area contributed by atoms with Crippen molar-refractivity contribution >= 4 is 0 Å². The molecule has 122 valence electrons. The topological polar surface area (TPSA) is 47.7 Å². The summed E-state index contributed by atoms with van der Waals surface area (Å²) in [6.07, 6.45) is -2.48. The molecule has 0 saturated carbocycles. The third kappa shape index (κ3) is 3.49. The normalized spacial score (nSPS) is 13.6. The van der Waals surface area contributed by atoms with Gasteiger partial charge in [0.25, 0.3) is 0 Å². The molecule has 1 unspecified atom stereocenters. The third-order valence-electron chi connectivity index (χ3n) is 3.53. The van der Waals surface area contributed by atoms with E-state index in [1.807, 2.05) is 27.1 Å². The second-order valence-electron chi connectivity index (χ2n) is 5.28. The zero-order valence-corrected chi connectivity index (χ0v) is 13.1. The zero-order chi connectivity index (χ0) is 16.5. The SMILES string of the molecule is CCn1nc(CNC(C)c2cn(C)nc2C)cc1C(F)(F)F. The number of hydrogen-bond acceptors (Lipinski definition) is 3. The fourth-order valence-corrected chi connectivity index (χ4v) is 2.44. The van der Waals surface area contributed by atoms with E-state index in [9.17, 15) is 13.2 Å². The molecule has 22 heavy (non-hydrogen) atoms. The Hall–Kier alpha value is -1.83. The van der Waals surface area contributed by atoms with Crippen LogP contribution in [0, 0.1) is 6.92 Å². The maximum absolute atomic E-state index is 12.9. The minimum atomic E-state index is -4.38. The lowest BCUT2D eigenvalue weighted by Gasteiger charge is -2.11. The molecule has 0 saturated heterocycles. The van der Waals surface area contributed by atoms with Gasteiger partial charge in [-0.2, -0.15) is 23.4 Å². The summed E-state index contributed by atoms with van der Waals surface area (Å²) >= 11 is 0. The molecule has 0 aliphatic rings. The number of rotatable bonds is 5. The first-order chi connectivity index (χ1) is 10.2. The predicted molar refractivity (Wildman–Crippen MR) is 76.1 cm³/mol. The number of aromatic nitrogens is 4. The predicted octanol–water partition coefficient (Wildman–Crippen LogP) is 2.81. The van der Waals surface area contributed by atoms with Gasteiger partial charge in [0.15, 0.2) is 0 Å². The molecule has 0 amide bonds. The zero-order valence-electron chi connectivity index (χ0n) is 13.1. The van der Waals surface area contributed by atoms with E-state index >= 15 is 0 Å². The monoisotopic (exact) mass is 315 g/mol. The van der Waals surface area contributed by atoms with Crippen LogP contribution in [-0.2, 0) is 26.3 Å². The molecule has 0 spiro atoms. The highest BCUT2D eigenvalue weighted by Crippen LogP contribution is 2.30. The van der Waals surface area contributed by atoms with Crippen LogP contribution in [0.25, 0.3) is 0 Å². The Morgan fingerprint density at radius 2 is 2.00 bits per heavy atom. The lowest BCUT2D eigenvalue weighted by Crippen LogP contribution is -2.19. The van der Waals surface area contributed by atoms with Crippen molar-refractivity contribution in [3.8, 4) is 0 Å². The van der Waals surface area contributed by atoms with Gasteiger partial charge in [-0.25, -0.2) is 0 Å². The molecule has 8 heteroatoms. The molecule has 0 radical (unpaired) electrons. The largest absolute Gasteiger partial charge is 0.433 e. The second-order valence-corrected chi connectivity index (χ2v) is 5.28. The number of nitrogens with zero attached hydrogens (tertiary/aromatic N) is 4. The summed E-state index contributed by atoms with van der Waals surface area (Å²) < 4.78 is 41.3. The first-order valence-corrected chi connectivity index (χ1v) is 7.09. The van der Waals surface area contributed by atoms with Crippen molar-refractivity contribution in [2.45, 2.75) is 46.1 Å². The fourth-order valence-electron chi connectivity index (χ4n) is 2.44. The van der Waals surface area contributed by atoms with Crippen molar-refractivity contribution in [2.24, 2.45) is 7.05 Å². The van der Waals surface area contributed by atoms with Crippen molar-refractivity contribution in [2.75, 3.05) is 0 Å². The van der Waals surface area contributed by atoms with Crippen LogP contribution in [0.4, 0.5) is 13.2 Å². The summed E-state index contributed by atoms with van der Waals surface area (Å²) in [6, 6.07) is 1.08. The van der Waals surface area contributed by atoms with E-state index < -0.39 is 11.9 Å². The first-order valence-electron chi connectivity index (χ1n) is 7.09. The van der Waals surface area contributed by atoms with Crippen molar-refractivity contribution in [3.05, 3.63) is 34.9 Å².